The number of hydrogen-bond acceptors (Lipinski definition) is 7. The van der Waals surface area contributed by atoms with Gasteiger partial charge in [0, 0.05) is 6.54 Å². The first kappa shape index (κ1) is 24.3. The number of carboxylic acid groups (broad SMARTS) is 1. The lowest BCUT2D eigenvalue weighted by Gasteiger charge is -2.15. The van der Waals surface area contributed by atoms with Gasteiger partial charge in [-0.3, -0.25) is 14.6 Å². The zero-order chi connectivity index (χ0) is 21.7. The second-order valence-corrected chi connectivity index (χ2v) is 7.31. The molecule has 0 aliphatic rings. The predicted molar refractivity (Wildman–Crippen MR) is 104 cm³/mol. The highest BCUT2D eigenvalue weighted by Crippen LogP contribution is 2.07. The van der Waals surface area contributed by atoms with Gasteiger partial charge in [-0.25, -0.2) is 8.42 Å². The molecule has 0 spiro atoms. The first-order valence-corrected chi connectivity index (χ1v) is 9.98. The van der Waals surface area contributed by atoms with Gasteiger partial charge in [0.05, 0.1) is 31.3 Å². The van der Waals surface area contributed by atoms with Crippen molar-refractivity contribution >= 4 is 27.9 Å². The van der Waals surface area contributed by atoms with E-state index in [1.165, 1.54) is 24.3 Å². The molecular formula is C16H25N5O7S. The van der Waals surface area contributed by atoms with Gasteiger partial charge in [-0.15, -0.1) is 0 Å². The largest absolute Gasteiger partial charge is 0.480 e. The third-order valence-corrected chi connectivity index (χ3v) is 4.78. The summed E-state index contributed by atoms with van der Waals surface area (Å²) in [6, 6.07) is 5.76. The Morgan fingerprint density at radius 2 is 1.76 bits per heavy atom. The standard InChI is InChI=1S/C16H25N5O7S/c17-16(18)19-6-7-27-8-9-28-11-14(22)20-10-13(15(23)24)21-29(25,26)12-4-2-1-3-5-12/h1-5,13,21H,6-11H2,(H,20,22)(H,23,24)(H4,17,18,19). The van der Waals surface area contributed by atoms with Crippen LogP contribution in [0.1, 0.15) is 0 Å². The molecular weight excluding hydrogens is 406 g/mol. The van der Waals surface area contributed by atoms with Crippen LogP contribution in [0.25, 0.3) is 0 Å². The fourth-order valence-electron chi connectivity index (χ4n) is 1.93. The molecule has 0 heterocycles. The van der Waals surface area contributed by atoms with E-state index >= 15 is 0 Å². The quantitative estimate of drug-likeness (QED) is 0.124. The van der Waals surface area contributed by atoms with E-state index in [1.54, 1.807) is 6.07 Å². The molecule has 0 saturated heterocycles. The Morgan fingerprint density at radius 3 is 2.38 bits per heavy atom. The maximum Gasteiger partial charge on any atom is 0.323 e. The van der Waals surface area contributed by atoms with Gasteiger partial charge in [-0.05, 0) is 12.1 Å². The van der Waals surface area contributed by atoms with E-state index < -0.39 is 34.5 Å². The summed E-state index contributed by atoms with van der Waals surface area (Å²) < 4.78 is 36.7. The van der Waals surface area contributed by atoms with E-state index in [1.807, 2.05) is 4.72 Å². The van der Waals surface area contributed by atoms with Gasteiger partial charge in [0.25, 0.3) is 0 Å². The normalized spacial score (nSPS) is 12.1. The molecule has 0 saturated carbocycles. The lowest BCUT2D eigenvalue weighted by atomic mass is 10.3. The third-order valence-electron chi connectivity index (χ3n) is 3.29. The average Bonchev–Trinajstić information content (AvgIpc) is 2.67. The van der Waals surface area contributed by atoms with E-state index in [9.17, 15) is 23.1 Å². The Hall–Kier alpha value is -2.74. The first-order valence-electron chi connectivity index (χ1n) is 8.50. The lowest BCUT2D eigenvalue weighted by Crippen LogP contribution is -2.48. The summed E-state index contributed by atoms with van der Waals surface area (Å²) in [5.74, 6) is -2.07. The van der Waals surface area contributed by atoms with Crippen LogP contribution < -0.4 is 21.5 Å². The highest BCUT2D eigenvalue weighted by molar-refractivity contribution is 7.89. The van der Waals surface area contributed by atoms with E-state index in [0.29, 0.717) is 6.54 Å². The highest BCUT2D eigenvalue weighted by Gasteiger charge is 2.25. The number of benzene rings is 1. The summed E-state index contributed by atoms with van der Waals surface area (Å²) in [7, 11) is -4.04. The number of aliphatic carboxylic acids is 1. The molecule has 12 nitrogen and oxygen atoms in total. The number of nitrogens with two attached hydrogens (primary N) is 2. The number of carbonyl (C=O) groups is 2. The molecule has 1 amide bonds. The number of ether oxygens (including phenoxy) is 2. The van der Waals surface area contributed by atoms with Crippen LogP contribution in [0.4, 0.5) is 0 Å². The zero-order valence-corrected chi connectivity index (χ0v) is 16.4. The molecule has 0 radical (unpaired) electrons. The number of carbonyl (C=O) groups excluding carboxylic acids is 1. The Morgan fingerprint density at radius 1 is 1.10 bits per heavy atom. The molecule has 1 unspecified atom stereocenters. The van der Waals surface area contributed by atoms with Gasteiger partial charge < -0.3 is 31.4 Å². The SMILES string of the molecule is NC(N)=NCCOCCOCC(=O)NCC(NS(=O)(=O)c1ccccc1)C(=O)O. The van der Waals surface area contributed by atoms with E-state index in [0.717, 1.165) is 0 Å². The fraction of sp³-hybridized carbons (Fsp3) is 0.438. The van der Waals surface area contributed by atoms with Crippen LogP contribution in [0.15, 0.2) is 40.2 Å². The number of nitrogens with zero attached hydrogens (tertiary/aromatic N) is 1. The van der Waals surface area contributed by atoms with Crippen LogP contribution in [0.5, 0.6) is 0 Å². The summed E-state index contributed by atoms with van der Waals surface area (Å²) in [4.78, 5) is 26.7. The second-order valence-electron chi connectivity index (χ2n) is 5.60. The minimum atomic E-state index is -4.04. The van der Waals surface area contributed by atoms with Crippen molar-refractivity contribution in [3.63, 3.8) is 0 Å². The van der Waals surface area contributed by atoms with Crippen LogP contribution in [0.2, 0.25) is 0 Å². The molecule has 7 N–H and O–H groups in total. The maximum atomic E-state index is 12.2. The summed E-state index contributed by atoms with van der Waals surface area (Å²) in [6.45, 7) is 0.140. The number of nitrogens with one attached hydrogen (secondary N) is 2. The number of sulfonamides is 1. The predicted octanol–water partition coefficient (Wildman–Crippen LogP) is -2.16. The van der Waals surface area contributed by atoms with Gasteiger partial charge >= 0.3 is 5.97 Å². The van der Waals surface area contributed by atoms with Crippen LogP contribution in [0, 0.1) is 0 Å². The minimum absolute atomic E-state index is 0.0350. The summed E-state index contributed by atoms with van der Waals surface area (Å²) >= 11 is 0. The Balaban J connectivity index is 2.32. The second kappa shape index (κ2) is 12.7. The highest BCUT2D eigenvalue weighted by atomic mass is 32.2. The van der Waals surface area contributed by atoms with Crippen LogP contribution in [-0.2, 0) is 29.1 Å². The van der Waals surface area contributed by atoms with Gasteiger partial charge in [0.2, 0.25) is 15.9 Å². The fourth-order valence-corrected chi connectivity index (χ4v) is 3.14. The number of amides is 1. The van der Waals surface area contributed by atoms with Crippen molar-refractivity contribution in [1.29, 1.82) is 0 Å². The molecule has 1 aromatic carbocycles. The van der Waals surface area contributed by atoms with Gasteiger partial charge in [-0.2, -0.15) is 4.72 Å². The number of aliphatic imine (C=N–C) groups is 1. The molecule has 1 atom stereocenters. The number of carboxylic acids is 1. The van der Waals surface area contributed by atoms with Gasteiger partial charge in [0.15, 0.2) is 5.96 Å². The molecule has 1 aromatic rings. The molecule has 0 bridgehead atoms. The number of hydrogen-bond donors (Lipinski definition) is 5. The van der Waals surface area contributed by atoms with Crippen LogP contribution in [0.3, 0.4) is 0 Å². The number of guanidine groups is 1. The first-order chi connectivity index (χ1) is 13.7. The van der Waals surface area contributed by atoms with Crippen molar-refractivity contribution in [2.24, 2.45) is 16.5 Å². The minimum Gasteiger partial charge on any atom is -0.480 e. The summed E-state index contributed by atoms with van der Waals surface area (Å²) in [5.41, 5.74) is 10.3. The van der Waals surface area contributed by atoms with Crippen molar-refractivity contribution in [3.8, 4) is 0 Å². The van der Waals surface area contributed by atoms with E-state index in [4.69, 9.17) is 20.9 Å². The Labute approximate surface area is 168 Å². The summed E-state index contributed by atoms with van der Waals surface area (Å²) in [6.07, 6.45) is 0. The van der Waals surface area contributed by atoms with E-state index in [2.05, 4.69) is 10.3 Å². The van der Waals surface area contributed by atoms with Crippen molar-refractivity contribution in [2.75, 3.05) is 39.5 Å². The van der Waals surface area contributed by atoms with Gasteiger partial charge in [-0.1, -0.05) is 18.2 Å². The molecule has 0 fully saturated rings. The topological polar surface area (TPSA) is 195 Å². The zero-order valence-electron chi connectivity index (χ0n) is 15.6. The number of rotatable bonds is 14. The lowest BCUT2D eigenvalue weighted by molar-refractivity contribution is -0.139. The van der Waals surface area contributed by atoms with Gasteiger partial charge in [0.1, 0.15) is 12.6 Å². The smallest absolute Gasteiger partial charge is 0.323 e. The van der Waals surface area contributed by atoms with Crippen molar-refractivity contribution in [2.45, 2.75) is 10.9 Å². The average molecular weight is 431 g/mol. The van der Waals surface area contributed by atoms with E-state index in [-0.39, 0.29) is 37.3 Å². The molecule has 13 heteroatoms. The Bertz CT molecular complexity index is 782. The molecule has 29 heavy (non-hydrogen) atoms. The molecule has 1 rings (SSSR count). The third kappa shape index (κ3) is 10.4. The monoisotopic (exact) mass is 431 g/mol. The summed E-state index contributed by atoms with van der Waals surface area (Å²) in [5, 5.41) is 11.5. The molecule has 0 aliphatic carbocycles. The maximum absolute atomic E-state index is 12.2. The van der Waals surface area contributed by atoms with Crippen molar-refractivity contribution in [3.05, 3.63) is 30.3 Å². The Kier molecular flexibility index (Phi) is 10.6. The molecule has 162 valence electrons. The van der Waals surface area contributed by atoms with Crippen LogP contribution >= 0.6 is 0 Å². The molecule has 0 aromatic heterocycles. The van der Waals surface area contributed by atoms with Crippen LogP contribution in [-0.4, -0.2) is 76.9 Å². The van der Waals surface area contributed by atoms with Crippen molar-refractivity contribution < 1.29 is 32.6 Å². The molecule has 0 aliphatic heterocycles. The van der Waals surface area contributed by atoms with Crippen molar-refractivity contribution in [1.82, 2.24) is 10.0 Å².